The van der Waals surface area contributed by atoms with E-state index in [1.165, 1.54) is 0 Å². The fourth-order valence-corrected chi connectivity index (χ4v) is 11.5. The number of hydrogen-bond acceptors (Lipinski definition) is 0. The lowest BCUT2D eigenvalue weighted by Gasteiger charge is -2.25. The van der Waals surface area contributed by atoms with Crippen molar-refractivity contribution in [2.24, 2.45) is 0 Å². The predicted molar refractivity (Wildman–Crippen MR) is 120 cm³/mol. The molecule has 0 N–H and O–H groups in total. The third-order valence-electron chi connectivity index (χ3n) is 3.05. The molecular weight excluding hydrogens is 598 g/mol. The molecule has 0 spiro atoms. The standard InChI is InChI=1S/C12Cl12Si/c13-1-3(15)7(19)11(8(20)4(1)16)25(23,24)12-9(21)5(17)2(14)6(18)10(12)22. The maximum absolute atomic E-state index is 6.65. The molecule has 0 saturated carbocycles. The Bertz CT molecular complexity index is 761. The zero-order valence-electron chi connectivity index (χ0n) is 11.0. The third kappa shape index (κ3) is 3.94. The van der Waals surface area contributed by atoms with Gasteiger partial charge in [-0.05, 0) is 0 Å². The first-order valence-electron chi connectivity index (χ1n) is 5.77. The lowest BCUT2D eigenvalue weighted by atomic mass is 10.3. The fourth-order valence-electron chi connectivity index (χ4n) is 1.89. The molecule has 0 aromatic heterocycles. The van der Waals surface area contributed by atoms with Gasteiger partial charge in [0.2, 0.25) is 0 Å². The molecule has 0 fully saturated rings. The zero-order chi connectivity index (χ0) is 19.4. The van der Waals surface area contributed by atoms with E-state index in [0.717, 1.165) is 0 Å². The maximum Gasteiger partial charge on any atom is 0.316 e. The van der Waals surface area contributed by atoms with Gasteiger partial charge < -0.3 is 0 Å². The van der Waals surface area contributed by atoms with Gasteiger partial charge >= 0.3 is 6.69 Å². The number of hydrogen-bond donors (Lipinski definition) is 0. The second-order valence-electron chi connectivity index (χ2n) is 4.46. The Hall–Kier alpha value is 2.14. The highest BCUT2D eigenvalue weighted by Crippen LogP contribution is 2.45. The van der Waals surface area contributed by atoms with Crippen molar-refractivity contribution >= 4 is 155 Å². The van der Waals surface area contributed by atoms with Gasteiger partial charge in [0.15, 0.2) is 0 Å². The molecule has 0 aliphatic carbocycles. The van der Waals surface area contributed by atoms with Crippen molar-refractivity contribution in [3.05, 3.63) is 50.2 Å². The molecule has 0 amide bonds. The highest BCUT2D eigenvalue weighted by Gasteiger charge is 2.45. The minimum Gasteiger partial charge on any atom is -0.133 e. The summed E-state index contributed by atoms with van der Waals surface area (Å²) in [6.45, 7) is -3.84. The van der Waals surface area contributed by atoms with Gasteiger partial charge in [0, 0.05) is 10.4 Å². The Balaban J connectivity index is 2.96. The van der Waals surface area contributed by atoms with Crippen molar-refractivity contribution in [2.75, 3.05) is 0 Å². The van der Waals surface area contributed by atoms with E-state index in [-0.39, 0.29) is 60.6 Å². The summed E-state index contributed by atoms with van der Waals surface area (Å²) in [5.74, 6) is 0. The van der Waals surface area contributed by atoms with Gasteiger partial charge in [0.25, 0.3) is 0 Å². The summed E-state index contributed by atoms with van der Waals surface area (Å²) in [6.07, 6.45) is 0. The van der Waals surface area contributed by atoms with E-state index >= 15 is 0 Å². The van der Waals surface area contributed by atoms with Crippen molar-refractivity contribution in [2.45, 2.75) is 0 Å². The second-order valence-corrected chi connectivity index (χ2v) is 14.4. The van der Waals surface area contributed by atoms with Crippen LogP contribution in [-0.4, -0.2) is 6.69 Å². The minimum absolute atomic E-state index is 0.0387. The predicted octanol–water partition coefficient (Wildman–Crippen LogP) is 9.25. The molecule has 2 aromatic rings. The van der Waals surface area contributed by atoms with E-state index < -0.39 is 6.69 Å². The van der Waals surface area contributed by atoms with Crippen LogP contribution in [0.5, 0.6) is 0 Å². The van der Waals surface area contributed by atoms with Crippen LogP contribution >= 0.6 is 138 Å². The summed E-state index contributed by atoms with van der Waals surface area (Å²) < 4.78 is 0. The van der Waals surface area contributed by atoms with Crippen molar-refractivity contribution in [3.8, 4) is 0 Å². The highest BCUT2D eigenvalue weighted by atomic mass is 35.7. The molecular formula is C12Cl12Si. The Morgan fingerprint density at radius 2 is 0.480 bits per heavy atom. The number of benzene rings is 2. The summed E-state index contributed by atoms with van der Waals surface area (Å²) in [5, 5.41) is -0.705. The molecule has 0 radical (unpaired) electrons. The Morgan fingerprint density at radius 3 is 0.680 bits per heavy atom. The van der Waals surface area contributed by atoms with Crippen LogP contribution in [0.25, 0.3) is 0 Å². The van der Waals surface area contributed by atoms with Gasteiger partial charge in [-0.1, -0.05) is 116 Å². The Kier molecular flexibility index (Phi) is 7.94. The average molecular weight is 598 g/mol. The molecule has 0 aliphatic heterocycles. The first-order chi connectivity index (χ1) is 11.4. The Morgan fingerprint density at radius 1 is 0.320 bits per heavy atom. The molecule has 2 rings (SSSR count). The lowest BCUT2D eigenvalue weighted by Crippen LogP contribution is -2.51. The lowest BCUT2D eigenvalue weighted by molar-refractivity contribution is 1.71. The van der Waals surface area contributed by atoms with E-state index in [0.29, 0.717) is 0 Å². The SMILES string of the molecule is Clc1c(Cl)c(Cl)c([Si](Cl)(Cl)c2c(Cl)c(Cl)c(Cl)c(Cl)c2Cl)c(Cl)c1Cl. The summed E-state index contributed by atoms with van der Waals surface area (Å²) in [6, 6.07) is 0. The second kappa shape index (κ2) is 8.48. The van der Waals surface area contributed by atoms with Crippen LogP contribution in [-0.2, 0) is 0 Å². The Labute approximate surface area is 203 Å². The van der Waals surface area contributed by atoms with Crippen LogP contribution in [0.3, 0.4) is 0 Å². The zero-order valence-corrected chi connectivity index (χ0v) is 21.1. The average Bonchev–Trinajstić information content (AvgIpc) is 2.54. The van der Waals surface area contributed by atoms with Crippen molar-refractivity contribution < 1.29 is 0 Å². The number of rotatable bonds is 2. The molecule has 0 saturated heterocycles. The summed E-state index contributed by atoms with van der Waals surface area (Å²) in [7, 11) is 0. The maximum atomic E-state index is 6.65. The van der Waals surface area contributed by atoms with E-state index in [4.69, 9.17) is 138 Å². The van der Waals surface area contributed by atoms with Gasteiger partial charge in [0.1, 0.15) is 0 Å². The quantitative estimate of drug-likeness (QED) is 0.140. The molecule has 0 atom stereocenters. The van der Waals surface area contributed by atoms with Crippen LogP contribution in [0.2, 0.25) is 50.2 Å². The monoisotopic (exact) mass is 592 g/mol. The molecule has 25 heavy (non-hydrogen) atoms. The van der Waals surface area contributed by atoms with E-state index in [1.54, 1.807) is 0 Å². The first-order valence-corrected chi connectivity index (χ1v) is 13.6. The molecule has 0 aliphatic rings. The largest absolute Gasteiger partial charge is 0.316 e. The fraction of sp³-hybridized carbons (Fsp3) is 0. The normalized spacial score (nSPS) is 12.0. The van der Waals surface area contributed by atoms with Gasteiger partial charge in [-0.3, -0.25) is 0 Å². The van der Waals surface area contributed by atoms with E-state index in [2.05, 4.69) is 0 Å². The minimum atomic E-state index is -3.84. The van der Waals surface area contributed by atoms with Crippen molar-refractivity contribution in [1.29, 1.82) is 0 Å². The molecule has 13 heteroatoms. The topological polar surface area (TPSA) is 0 Å². The highest BCUT2D eigenvalue weighted by molar-refractivity contribution is 7.57. The van der Waals surface area contributed by atoms with Crippen LogP contribution in [0.1, 0.15) is 0 Å². The molecule has 0 unspecified atom stereocenters. The first kappa shape index (κ1) is 23.4. The van der Waals surface area contributed by atoms with Crippen LogP contribution in [0.4, 0.5) is 0 Å². The molecule has 0 heterocycles. The summed E-state index contributed by atoms with van der Waals surface area (Å²) >= 11 is 74.6. The summed E-state index contributed by atoms with van der Waals surface area (Å²) in [5.41, 5.74) is 0. The van der Waals surface area contributed by atoms with Gasteiger partial charge in [0.05, 0.1) is 50.2 Å². The van der Waals surface area contributed by atoms with Crippen molar-refractivity contribution in [3.63, 3.8) is 0 Å². The smallest absolute Gasteiger partial charge is 0.133 e. The van der Waals surface area contributed by atoms with Crippen molar-refractivity contribution in [1.82, 2.24) is 0 Å². The molecule has 0 nitrogen and oxygen atoms in total. The van der Waals surface area contributed by atoms with E-state index in [1.807, 2.05) is 0 Å². The van der Waals surface area contributed by atoms with Gasteiger partial charge in [-0.15, -0.1) is 22.2 Å². The third-order valence-corrected chi connectivity index (χ3v) is 12.8. The van der Waals surface area contributed by atoms with Crippen LogP contribution in [0, 0.1) is 0 Å². The van der Waals surface area contributed by atoms with E-state index in [9.17, 15) is 0 Å². The van der Waals surface area contributed by atoms with Gasteiger partial charge in [-0.25, -0.2) is 0 Å². The molecule has 0 bridgehead atoms. The van der Waals surface area contributed by atoms with Gasteiger partial charge in [-0.2, -0.15) is 0 Å². The number of halogens is 12. The molecule has 2 aromatic carbocycles. The molecule has 136 valence electrons. The van der Waals surface area contributed by atoms with Crippen LogP contribution < -0.4 is 10.4 Å². The summed E-state index contributed by atoms with van der Waals surface area (Å²) in [4.78, 5) is 0. The van der Waals surface area contributed by atoms with Crippen LogP contribution in [0.15, 0.2) is 0 Å².